The summed E-state index contributed by atoms with van der Waals surface area (Å²) in [4.78, 5) is 4.39. The van der Waals surface area contributed by atoms with E-state index in [4.69, 9.17) is 11.6 Å². The zero-order valence-corrected chi connectivity index (χ0v) is 13.1. The fourth-order valence-corrected chi connectivity index (χ4v) is 3.91. The first-order chi connectivity index (χ1) is 8.23. The van der Waals surface area contributed by atoms with E-state index in [0.717, 1.165) is 29.7 Å². The van der Waals surface area contributed by atoms with Gasteiger partial charge in [-0.15, -0.1) is 0 Å². The summed E-state index contributed by atoms with van der Waals surface area (Å²) in [7, 11) is -3.39. The van der Waals surface area contributed by atoms with Crippen molar-refractivity contribution in [3.05, 3.63) is 22.0 Å². The first kappa shape index (κ1) is 15.4. The predicted molar refractivity (Wildman–Crippen MR) is 75.0 cm³/mol. The maximum atomic E-state index is 12.3. The summed E-state index contributed by atoms with van der Waals surface area (Å²) in [5.41, 5.74) is 2.58. The summed E-state index contributed by atoms with van der Waals surface area (Å²) in [5.74, 6) is 0. The van der Waals surface area contributed by atoms with Crippen molar-refractivity contribution in [1.82, 2.24) is 4.98 Å². The number of halogens is 1. The number of hydrogen-bond donors (Lipinski definition) is 0. The molecule has 0 radical (unpaired) electrons. The van der Waals surface area contributed by atoms with Crippen LogP contribution in [-0.4, -0.2) is 18.7 Å². The van der Waals surface area contributed by atoms with E-state index >= 15 is 0 Å². The Morgan fingerprint density at radius 1 is 1.28 bits per heavy atom. The summed E-state index contributed by atoms with van der Waals surface area (Å²) in [5, 5.41) is -0.397. The molecule has 0 aliphatic heterocycles. The SMILES string of the molecule is CCCc1c(C)nc(Cl)c(S(=O)(=O)C(C)C)c1C. The molecule has 0 aromatic carbocycles. The molecule has 0 saturated carbocycles. The third-order valence-electron chi connectivity index (χ3n) is 3.09. The molecule has 1 aromatic heterocycles. The van der Waals surface area contributed by atoms with E-state index in [-0.39, 0.29) is 10.0 Å². The van der Waals surface area contributed by atoms with Crippen LogP contribution in [0.2, 0.25) is 5.15 Å². The maximum Gasteiger partial charge on any atom is 0.184 e. The monoisotopic (exact) mass is 289 g/mol. The summed E-state index contributed by atoms with van der Waals surface area (Å²) < 4.78 is 24.6. The van der Waals surface area contributed by atoms with E-state index in [1.54, 1.807) is 13.8 Å². The minimum absolute atomic E-state index is 0.0959. The van der Waals surface area contributed by atoms with E-state index in [0.29, 0.717) is 0 Å². The first-order valence-electron chi connectivity index (χ1n) is 6.12. The number of rotatable bonds is 4. The Bertz CT molecular complexity index is 551. The highest BCUT2D eigenvalue weighted by Crippen LogP contribution is 2.30. The lowest BCUT2D eigenvalue weighted by atomic mass is 10.0. The molecule has 18 heavy (non-hydrogen) atoms. The van der Waals surface area contributed by atoms with Gasteiger partial charge in [-0.3, -0.25) is 0 Å². The van der Waals surface area contributed by atoms with Crippen LogP contribution in [0.1, 0.15) is 44.0 Å². The fraction of sp³-hybridized carbons (Fsp3) is 0.615. The van der Waals surface area contributed by atoms with Crippen molar-refractivity contribution in [2.75, 3.05) is 0 Å². The molecule has 1 rings (SSSR count). The summed E-state index contributed by atoms with van der Waals surface area (Å²) in [6.07, 6.45) is 1.77. The molecule has 1 aromatic rings. The van der Waals surface area contributed by atoms with Gasteiger partial charge in [-0.25, -0.2) is 13.4 Å². The standard InChI is InChI=1S/C13H20ClNO2S/c1-6-7-11-9(4)12(13(14)15-10(11)5)18(16,17)8(2)3/h8H,6-7H2,1-5H3. The number of pyridine rings is 1. The Morgan fingerprint density at radius 3 is 2.28 bits per heavy atom. The van der Waals surface area contributed by atoms with Crippen LogP contribution < -0.4 is 0 Å². The Kier molecular flexibility index (Phi) is 4.78. The third-order valence-corrected chi connectivity index (χ3v) is 5.78. The summed E-state index contributed by atoms with van der Waals surface area (Å²) in [6.45, 7) is 9.06. The van der Waals surface area contributed by atoms with Gasteiger partial charge in [0, 0.05) is 5.69 Å². The quantitative estimate of drug-likeness (QED) is 0.797. The highest BCUT2D eigenvalue weighted by molar-refractivity contribution is 7.92. The molecule has 102 valence electrons. The number of aromatic nitrogens is 1. The lowest BCUT2D eigenvalue weighted by molar-refractivity contribution is 0.586. The van der Waals surface area contributed by atoms with Crippen LogP contribution >= 0.6 is 11.6 Å². The van der Waals surface area contributed by atoms with E-state index < -0.39 is 15.1 Å². The summed E-state index contributed by atoms with van der Waals surface area (Å²) in [6, 6.07) is 0. The minimum Gasteiger partial charge on any atom is -0.240 e. The molecule has 0 aliphatic carbocycles. The zero-order chi connectivity index (χ0) is 14.1. The van der Waals surface area contributed by atoms with Gasteiger partial charge in [0.25, 0.3) is 0 Å². The van der Waals surface area contributed by atoms with E-state index in [9.17, 15) is 8.42 Å². The van der Waals surface area contributed by atoms with Crippen LogP contribution in [0.3, 0.4) is 0 Å². The van der Waals surface area contributed by atoms with Crippen molar-refractivity contribution < 1.29 is 8.42 Å². The van der Waals surface area contributed by atoms with Crippen LogP contribution in [0.25, 0.3) is 0 Å². The molecule has 0 aliphatic rings. The van der Waals surface area contributed by atoms with E-state index in [2.05, 4.69) is 11.9 Å². The molecule has 0 fully saturated rings. The Balaban J connectivity index is 3.61. The second-order valence-electron chi connectivity index (χ2n) is 4.76. The van der Waals surface area contributed by atoms with E-state index in [1.807, 2.05) is 13.8 Å². The molecule has 0 spiro atoms. The minimum atomic E-state index is -3.39. The smallest absolute Gasteiger partial charge is 0.184 e. The van der Waals surface area contributed by atoms with Gasteiger partial charge in [0.2, 0.25) is 0 Å². The average Bonchev–Trinajstić information content (AvgIpc) is 2.23. The first-order valence-corrected chi connectivity index (χ1v) is 8.05. The molecule has 0 bridgehead atoms. The molecule has 0 N–H and O–H groups in total. The topological polar surface area (TPSA) is 47.0 Å². The van der Waals surface area contributed by atoms with Gasteiger partial charge in [-0.2, -0.15) is 0 Å². The highest BCUT2D eigenvalue weighted by atomic mass is 35.5. The van der Waals surface area contributed by atoms with Gasteiger partial charge in [-0.1, -0.05) is 24.9 Å². The normalized spacial score (nSPS) is 12.2. The molecule has 0 amide bonds. The molecule has 0 unspecified atom stereocenters. The maximum absolute atomic E-state index is 12.3. The largest absolute Gasteiger partial charge is 0.240 e. The number of nitrogens with zero attached hydrogens (tertiary/aromatic N) is 1. The average molecular weight is 290 g/mol. The molecular weight excluding hydrogens is 270 g/mol. The van der Waals surface area contributed by atoms with Crippen molar-refractivity contribution >= 4 is 21.4 Å². The predicted octanol–water partition coefficient (Wildman–Crippen LogP) is 3.49. The third kappa shape index (κ3) is 2.69. The van der Waals surface area contributed by atoms with Crippen molar-refractivity contribution in [3.63, 3.8) is 0 Å². The molecule has 0 saturated heterocycles. The number of aryl methyl sites for hydroxylation is 1. The zero-order valence-electron chi connectivity index (χ0n) is 11.5. The van der Waals surface area contributed by atoms with Crippen molar-refractivity contribution in [1.29, 1.82) is 0 Å². The van der Waals surface area contributed by atoms with Crippen LogP contribution in [0.15, 0.2) is 4.90 Å². The van der Waals surface area contributed by atoms with Gasteiger partial charge in [-0.05, 0) is 45.2 Å². The van der Waals surface area contributed by atoms with Crippen LogP contribution in [0.4, 0.5) is 0 Å². The Hall–Kier alpha value is -0.610. The summed E-state index contributed by atoms with van der Waals surface area (Å²) >= 11 is 6.05. The van der Waals surface area contributed by atoms with Crippen molar-refractivity contribution in [2.45, 2.75) is 57.6 Å². The molecule has 1 heterocycles. The molecule has 5 heteroatoms. The van der Waals surface area contributed by atoms with Crippen molar-refractivity contribution in [3.8, 4) is 0 Å². The Labute approximate surface area is 114 Å². The van der Waals surface area contributed by atoms with Gasteiger partial charge in [0.15, 0.2) is 9.84 Å². The number of hydrogen-bond acceptors (Lipinski definition) is 3. The lowest BCUT2D eigenvalue weighted by Gasteiger charge is -2.16. The van der Waals surface area contributed by atoms with Crippen LogP contribution in [0, 0.1) is 13.8 Å². The van der Waals surface area contributed by atoms with Gasteiger partial charge in [0.1, 0.15) is 10.0 Å². The highest BCUT2D eigenvalue weighted by Gasteiger charge is 2.27. The van der Waals surface area contributed by atoms with Crippen LogP contribution in [0.5, 0.6) is 0 Å². The second-order valence-corrected chi connectivity index (χ2v) is 7.56. The second kappa shape index (κ2) is 5.57. The molecule has 3 nitrogen and oxygen atoms in total. The van der Waals surface area contributed by atoms with Gasteiger partial charge < -0.3 is 0 Å². The van der Waals surface area contributed by atoms with Crippen molar-refractivity contribution in [2.24, 2.45) is 0 Å². The number of sulfone groups is 1. The lowest BCUT2D eigenvalue weighted by Crippen LogP contribution is -2.18. The molecule has 0 atom stereocenters. The Morgan fingerprint density at radius 2 is 1.83 bits per heavy atom. The van der Waals surface area contributed by atoms with Gasteiger partial charge in [0.05, 0.1) is 5.25 Å². The van der Waals surface area contributed by atoms with Crippen LogP contribution in [-0.2, 0) is 16.3 Å². The fourth-order valence-electron chi connectivity index (χ4n) is 2.01. The van der Waals surface area contributed by atoms with Gasteiger partial charge >= 0.3 is 0 Å². The van der Waals surface area contributed by atoms with E-state index in [1.165, 1.54) is 0 Å². The molecular formula is C13H20ClNO2S.